The van der Waals surface area contributed by atoms with Gasteiger partial charge in [-0.1, -0.05) is 0 Å². The molecule has 0 aliphatic heterocycles. The van der Waals surface area contributed by atoms with Gasteiger partial charge in [-0.25, -0.2) is 0 Å². The zero-order valence-corrected chi connectivity index (χ0v) is 18.2. The van der Waals surface area contributed by atoms with Gasteiger partial charge in [0.2, 0.25) is 0 Å². The molecule has 0 radical (unpaired) electrons. The summed E-state index contributed by atoms with van der Waals surface area (Å²) < 4.78 is 36.6. The molecule has 0 saturated carbocycles. The van der Waals surface area contributed by atoms with E-state index in [1.165, 1.54) is 19.2 Å². The van der Waals surface area contributed by atoms with Crippen LogP contribution in [0.5, 0.6) is 5.75 Å². The van der Waals surface area contributed by atoms with Crippen molar-refractivity contribution in [1.82, 2.24) is 28.7 Å². The zero-order chi connectivity index (χ0) is 21.6. The van der Waals surface area contributed by atoms with Crippen molar-refractivity contribution in [2.45, 2.75) is 18.7 Å². The lowest BCUT2D eigenvalue weighted by atomic mass is 10.1. The predicted molar refractivity (Wildman–Crippen MR) is 112 cm³/mol. The number of hydrogen-bond donors (Lipinski definition) is 0. The van der Waals surface area contributed by atoms with Gasteiger partial charge >= 0.3 is 0 Å². The predicted octanol–water partition coefficient (Wildman–Crippen LogP) is 2.55. The monoisotopic (exact) mass is 426 g/mol. The number of hydrogen-bond acceptors (Lipinski definition) is 6. The molecule has 3 aromatic heterocycles. The maximum Gasteiger partial charge on any atom is 0.283 e. The Bertz CT molecular complexity index is 1330. The molecule has 156 valence electrons. The molecule has 30 heavy (non-hydrogen) atoms. The molecule has 0 unspecified atom stereocenters. The van der Waals surface area contributed by atoms with Gasteiger partial charge in [0.25, 0.3) is 10.0 Å². The van der Waals surface area contributed by atoms with Gasteiger partial charge in [-0.05, 0) is 44.2 Å². The van der Waals surface area contributed by atoms with Crippen molar-refractivity contribution in [2.24, 2.45) is 14.1 Å². The summed E-state index contributed by atoms with van der Waals surface area (Å²) in [4.78, 5) is 0.114. The average molecular weight is 427 g/mol. The molecule has 0 amide bonds. The normalized spacial score (nSPS) is 11.8. The maximum atomic E-state index is 13.5. The zero-order valence-electron chi connectivity index (χ0n) is 17.4. The molecule has 1 aromatic carbocycles. The second-order valence-corrected chi connectivity index (χ2v) is 8.74. The second-order valence-electron chi connectivity index (χ2n) is 6.97. The van der Waals surface area contributed by atoms with Crippen LogP contribution < -0.4 is 4.74 Å². The van der Waals surface area contributed by atoms with E-state index in [-0.39, 0.29) is 4.90 Å². The number of benzene rings is 1. The summed E-state index contributed by atoms with van der Waals surface area (Å²) >= 11 is 0. The highest BCUT2D eigenvalue weighted by Gasteiger charge is 2.26. The first-order valence-electron chi connectivity index (χ1n) is 9.21. The molecule has 0 aliphatic carbocycles. The average Bonchev–Trinajstić information content (AvgIpc) is 3.41. The van der Waals surface area contributed by atoms with Gasteiger partial charge in [-0.15, -0.1) is 0 Å². The number of ether oxygens (including phenoxy) is 1. The van der Waals surface area contributed by atoms with Crippen molar-refractivity contribution in [1.29, 1.82) is 0 Å². The first-order chi connectivity index (χ1) is 14.2. The molecular weight excluding hydrogens is 404 g/mol. The SMILES string of the molecule is COc1ccc(S(=O)(=O)n2nc(-c3cnn(C)c3C)cc2-c2cnn(C)c2C)cc1. The molecule has 0 aliphatic rings. The quantitative estimate of drug-likeness (QED) is 0.487. The minimum Gasteiger partial charge on any atom is -0.497 e. The van der Waals surface area contributed by atoms with E-state index in [4.69, 9.17) is 4.74 Å². The van der Waals surface area contributed by atoms with E-state index in [1.54, 1.807) is 40.0 Å². The largest absolute Gasteiger partial charge is 0.497 e. The standard InChI is InChI=1S/C20H22N6O3S/c1-13-17(11-21-24(13)3)19-10-20(18-12-22-25(4)14(18)2)26(23-19)30(27,28)16-8-6-15(29-5)7-9-16/h6-12H,1-5H3. The Balaban J connectivity index is 1.95. The molecular formula is C20H22N6O3S. The van der Waals surface area contributed by atoms with Crippen molar-refractivity contribution in [2.75, 3.05) is 7.11 Å². The lowest BCUT2D eigenvalue weighted by Crippen LogP contribution is -2.16. The van der Waals surface area contributed by atoms with Crippen molar-refractivity contribution in [3.8, 4) is 28.3 Å². The van der Waals surface area contributed by atoms with E-state index in [2.05, 4.69) is 15.3 Å². The van der Waals surface area contributed by atoms with Crippen LogP contribution in [0.1, 0.15) is 11.4 Å². The summed E-state index contributed by atoms with van der Waals surface area (Å²) in [5.74, 6) is 0.574. The molecule has 0 spiro atoms. The molecule has 0 fully saturated rings. The van der Waals surface area contributed by atoms with Crippen LogP contribution in [0.15, 0.2) is 47.6 Å². The summed E-state index contributed by atoms with van der Waals surface area (Å²) in [7, 11) is 1.21. The Morgan fingerprint density at radius 1 is 0.900 bits per heavy atom. The number of aromatic nitrogens is 6. The molecule has 10 heteroatoms. The molecule has 3 heterocycles. The van der Waals surface area contributed by atoms with E-state index in [1.807, 2.05) is 27.9 Å². The molecule has 0 atom stereocenters. The Hall–Kier alpha value is -3.40. The third kappa shape index (κ3) is 3.09. The van der Waals surface area contributed by atoms with Crippen molar-refractivity contribution in [3.63, 3.8) is 0 Å². The van der Waals surface area contributed by atoms with Gasteiger partial charge in [0, 0.05) is 36.6 Å². The molecule has 0 N–H and O–H groups in total. The van der Waals surface area contributed by atoms with E-state index in [0.717, 1.165) is 21.0 Å². The van der Waals surface area contributed by atoms with E-state index in [0.29, 0.717) is 22.7 Å². The van der Waals surface area contributed by atoms with Crippen LogP contribution >= 0.6 is 0 Å². The first kappa shape index (κ1) is 19.9. The summed E-state index contributed by atoms with van der Waals surface area (Å²) in [6.07, 6.45) is 3.33. The number of nitrogens with zero attached hydrogens (tertiary/aromatic N) is 6. The smallest absolute Gasteiger partial charge is 0.283 e. The van der Waals surface area contributed by atoms with Crippen LogP contribution in [-0.4, -0.2) is 44.3 Å². The number of methoxy groups -OCH3 is 1. The minimum absolute atomic E-state index is 0.114. The summed E-state index contributed by atoms with van der Waals surface area (Å²) in [5.41, 5.74) is 4.14. The lowest BCUT2D eigenvalue weighted by molar-refractivity contribution is 0.414. The molecule has 4 rings (SSSR count). The summed E-state index contributed by atoms with van der Waals surface area (Å²) in [6, 6.07) is 7.99. The maximum absolute atomic E-state index is 13.5. The fraction of sp³-hybridized carbons (Fsp3) is 0.250. The second kappa shape index (κ2) is 7.13. The fourth-order valence-corrected chi connectivity index (χ4v) is 4.49. The summed E-state index contributed by atoms with van der Waals surface area (Å²) in [5, 5.41) is 13.0. The first-order valence-corrected chi connectivity index (χ1v) is 10.7. The summed E-state index contributed by atoms with van der Waals surface area (Å²) in [6.45, 7) is 3.79. The van der Waals surface area contributed by atoms with Gasteiger partial charge in [0.1, 0.15) is 5.75 Å². The van der Waals surface area contributed by atoms with Crippen LogP contribution in [0.25, 0.3) is 22.5 Å². The molecule has 9 nitrogen and oxygen atoms in total. The van der Waals surface area contributed by atoms with E-state index >= 15 is 0 Å². The highest BCUT2D eigenvalue weighted by molar-refractivity contribution is 7.90. The number of aryl methyl sites for hydroxylation is 2. The highest BCUT2D eigenvalue weighted by atomic mass is 32.2. The van der Waals surface area contributed by atoms with Gasteiger partial charge in [0.05, 0.1) is 35.8 Å². The fourth-order valence-electron chi connectivity index (χ4n) is 3.21. The van der Waals surface area contributed by atoms with Crippen LogP contribution in [0.3, 0.4) is 0 Å². The van der Waals surface area contributed by atoms with Crippen LogP contribution in [0.4, 0.5) is 0 Å². The van der Waals surface area contributed by atoms with Crippen LogP contribution in [-0.2, 0) is 24.1 Å². The molecule has 0 bridgehead atoms. The Labute approximate surface area is 174 Å². The molecule has 4 aromatic rings. The minimum atomic E-state index is -3.96. The third-order valence-electron chi connectivity index (χ3n) is 5.29. The lowest BCUT2D eigenvalue weighted by Gasteiger charge is -2.09. The van der Waals surface area contributed by atoms with E-state index < -0.39 is 10.0 Å². The third-order valence-corrected chi connectivity index (χ3v) is 6.89. The Morgan fingerprint density at radius 3 is 1.97 bits per heavy atom. The van der Waals surface area contributed by atoms with Crippen LogP contribution in [0, 0.1) is 13.8 Å². The van der Waals surface area contributed by atoms with Gasteiger partial charge < -0.3 is 4.74 Å². The van der Waals surface area contributed by atoms with Crippen molar-refractivity contribution in [3.05, 3.63) is 54.1 Å². The highest BCUT2D eigenvalue weighted by Crippen LogP contribution is 2.32. The Morgan fingerprint density at radius 2 is 1.47 bits per heavy atom. The van der Waals surface area contributed by atoms with Crippen molar-refractivity contribution >= 4 is 10.0 Å². The van der Waals surface area contributed by atoms with Crippen molar-refractivity contribution < 1.29 is 13.2 Å². The van der Waals surface area contributed by atoms with Gasteiger partial charge in [0.15, 0.2) is 0 Å². The van der Waals surface area contributed by atoms with E-state index in [9.17, 15) is 8.42 Å². The molecule has 0 saturated heterocycles. The number of rotatable bonds is 5. The van der Waals surface area contributed by atoms with Crippen LogP contribution in [0.2, 0.25) is 0 Å². The topological polar surface area (TPSA) is 96.8 Å². The Kier molecular flexibility index (Phi) is 4.73. The van der Waals surface area contributed by atoms with Gasteiger partial charge in [-0.3, -0.25) is 9.36 Å². The van der Waals surface area contributed by atoms with Gasteiger partial charge in [-0.2, -0.15) is 27.8 Å².